The first kappa shape index (κ1) is 21.8. The van der Waals surface area contributed by atoms with E-state index in [1.807, 2.05) is 6.07 Å². The molecule has 1 aliphatic heterocycles. The molecular formula is C20H24FN3O5S. The number of rotatable bonds is 7. The standard InChI is InChI=1S/C20H24FN3O5S/c1-14(15-4-9-18-19(12-15)29-11-10-28-18)22-20(25)13-24(30(26,27)23(2)3)17-7-5-16(21)6-8-17/h4-9,12,14H,10-11,13H2,1-3H3,(H,22,25)/t14-/m0/s1. The second kappa shape index (κ2) is 8.88. The van der Waals surface area contributed by atoms with Crippen molar-refractivity contribution in [3.63, 3.8) is 0 Å². The van der Waals surface area contributed by atoms with Crippen molar-refractivity contribution in [3.05, 3.63) is 53.8 Å². The van der Waals surface area contributed by atoms with Crippen LogP contribution in [0.3, 0.4) is 0 Å². The molecule has 0 bridgehead atoms. The number of ether oxygens (including phenoxy) is 2. The van der Waals surface area contributed by atoms with E-state index >= 15 is 0 Å². The number of carbonyl (C=O) groups is 1. The van der Waals surface area contributed by atoms with Gasteiger partial charge < -0.3 is 14.8 Å². The fourth-order valence-corrected chi connectivity index (χ4v) is 4.00. The van der Waals surface area contributed by atoms with Crippen LogP contribution >= 0.6 is 0 Å². The molecule has 1 atom stereocenters. The van der Waals surface area contributed by atoms with Crippen LogP contribution in [0, 0.1) is 5.82 Å². The molecule has 1 amide bonds. The molecule has 162 valence electrons. The van der Waals surface area contributed by atoms with Crippen LogP contribution in [0.5, 0.6) is 11.5 Å². The van der Waals surface area contributed by atoms with E-state index in [1.165, 1.54) is 26.2 Å². The quantitative estimate of drug-likeness (QED) is 0.717. The molecule has 0 saturated heterocycles. The highest BCUT2D eigenvalue weighted by Gasteiger charge is 2.28. The Labute approximate surface area is 175 Å². The van der Waals surface area contributed by atoms with Crippen LogP contribution < -0.4 is 19.1 Å². The Morgan fingerprint density at radius 2 is 1.73 bits per heavy atom. The maximum Gasteiger partial charge on any atom is 0.304 e. The van der Waals surface area contributed by atoms with Gasteiger partial charge in [-0.15, -0.1) is 0 Å². The lowest BCUT2D eigenvalue weighted by atomic mass is 10.1. The number of hydrogen-bond acceptors (Lipinski definition) is 5. The Morgan fingerprint density at radius 1 is 1.10 bits per heavy atom. The summed E-state index contributed by atoms with van der Waals surface area (Å²) in [6, 6.07) is 9.88. The minimum absolute atomic E-state index is 0.187. The van der Waals surface area contributed by atoms with E-state index in [0.29, 0.717) is 24.7 Å². The number of nitrogens with one attached hydrogen (secondary N) is 1. The third kappa shape index (κ3) is 4.82. The van der Waals surface area contributed by atoms with Gasteiger partial charge >= 0.3 is 10.2 Å². The summed E-state index contributed by atoms with van der Waals surface area (Å²) < 4.78 is 51.7. The van der Waals surface area contributed by atoms with Crippen LogP contribution in [-0.2, 0) is 15.0 Å². The van der Waals surface area contributed by atoms with Gasteiger partial charge in [0.2, 0.25) is 5.91 Å². The molecule has 0 unspecified atom stereocenters. The molecule has 2 aromatic carbocycles. The van der Waals surface area contributed by atoms with Gasteiger partial charge in [-0.25, -0.2) is 8.70 Å². The van der Waals surface area contributed by atoms with E-state index in [-0.39, 0.29) is 5.69 Å². The molecule has 1 N–H and O–H groups in total. The summed E-state index contributed by atoms with van der Waals surface area (Å²) in [7, 11) is -1.24. The van der Waals surface area contributed by atoms with Crippen LogP contribution in [-0.4, -0.2) is 52.5 Å². The smallest absolute Gasteiger partial charge is 0.304 e. The minimum atomic E-state index is -3.97. The fraction of sp³-hybridized carbons (Fsp3) is 0.350. The van der Waals surface area contributed by atoms with Gasteiger partial charge in [-0.3, -0.25) is 4.79 Å². The number of benzene rings is 2. The van der Waals surface area contributed by atoms with E-state index in [2.05, 4.69) is 5.32 Å². The molecule has 0 spiro atoms. The molecule has 10 heteroatoms. The average molecular weight is 437 g/mol. The Hall–Kier alpha value is -2.85. The highest BCUT2D eigenvalue weighted by molar-refractivity contribution is 7.90. The normalized spacial score (nSPS) is 14.3. The van der Waals surface area contributed by atoms with Crippen LogP contribution in [0.1, 0.15) is 18.5 Å². The number of nitrogens with zero attached hydrogens (tertiary/aromatic N) is 2. The van der Waals surface area contributed by atoms with E-state index < -0.39 is 34.5 Å². The summed E-state index contributed by atoms with van der Waals surface area (Å²) in [5.41, 5.74) is 0.976. The largest absolute Gasteiger partial charge is 0.486 e. The lowest BCUT2D eigenvalue weighted by Crippen LogP contribution is -2.46. The topological polar surface area (TPSA) is 88.2 Å². The van der Waals surface area contributed by atoms with Crippen molar-refractivity contribution in [1.82, 2.24) is 9.62 Å². The van der Waals surface area contributed by atoms with Crippen molar-refractivity contribution in [1.29, 1.82) is 0 Å². The lowest BCUT2D eigenvalue weighted by molar-refractivity contribution is -0.120. The molecule has 0 aliphatic carbocycles. The number of fused-ring (bicyclic) bond motifs is 1. The van der Waals surface area contributed by atoms with E-state index in [1.54, 1.807) is 19.1 Å². The minimum Gasteiger partial charge on any atom is -0.486 e. The summed E-state index contributed by atoms with van der Waals surface area (Å²) in [6.45, 7) is 2.26. The first-order chi connectivity index (χ1) is 14.2. The third-order valence-electron chi connectivity index (χ3n) is 4.59. The van der Waals surface area contributed by atoms with Crippen molar-refractivity contribution in [2.24, 2.45) is 0 Å². The third-order valence-corrected chi connectivity index (χ3v) is 6.41. The number of amides is 1. The molecule has 30 heavy (non-hydrogen) atoms. The van der Waals surface area contributed by atoms with Crippen LogP contribution in [0.15, 0.2) is 42.5 Å². The van der Waals surface area contributed by atoms with Crippen molar-refractivity contribution in [3.8, 4) is 11.5 Å². The first-order valence-electron chi connectivity index (χ1n) is 9.33. The number of anilines is 1. The summed E-state index contributed by atoms with van der Waals surface area (Å²) in [4.78, 5) is 12.7. The number of carbonyl (C=O) groups excluding carboxylic acids is 1. The molecule has 0 fully saturated rings. The lowest BCUT2D eigenvalue weighted by Gasteiger charge is -2.27. The SMILES string of the molecule is C[C@H](NC(=O)CN(c1ccc(F)cc1)S(=O)(=O)N(C)C)c1ccc2c(c1)OCCO2. The molecule has 2 aromatic rings. The zero-order valence-corrected chi connectivity index (χ0v) is 17.8. The highest BCUT2D eigenvalue weighted by atomic mass is 32.2. The maximum absolute atomic E-state index is 13.3. The van der Waals surface area contributed by atoms with Crippen molar-refractivity contribution in [2.45, 2.75) is 13.0 Å². The molecular weight excluding hydrogens is 413 g/mol. The summed E-state index contributed by atoms with van der Waals surface area (Å²) in [5.74, 6) is 0.232. The Balaban J connectivity index is 1.76. The Morgan fingerprint density at radius 3 is 2.37 bits per heavy atom. The highest BCUT2D eigenvalue weighted by Crippen LogP contribution is 2.32. The van der Waals surface area contributed by atoms with Gasteiger partial charge in [0.25, 0.3) is 0 Å². The second-order valence-electron chi connectivity index (χ2n) is 6.97. The Bertz CT molecular complexity index is 1010. The maximum atomic E-state index is 13.3. The van der Waals surface area contributed by atoms with Crippen LogP contribution in [0.2, 0.25) is 0 Å². The van der Waals surface area contributed by atoms with Crippen LogP contribution in [0.4, 0.5) is 10.1 Å². The van der Waals surface area contributed by atoms with Crippen LogP contribution in [0.25, 0.3) is 0 Å². The van der Waals surface area contributed by atoms with Gasteiger partial charge in [-0.05, 0) is 48.9 Å². The number of hydrogen-bond donors (Lipinski definition) is 1. The number of halogens is 1. The molecule has 0 aromatic heterocycles. The summed E-state index contributed by atoms with van der Waals surface area (Å²) >= 11 is 0. The Kier molecular flexibility index (Phi) is 6.47. The van der Waals surface area contributed by atoms with Gasteiger partial charge in [0.1, 0.15) is 25.6 Å². The fourth-order valence-electron chi connectivity index (χ4n) is 2.94. The first-order valence-corrected chi connectivity index (χ1v) is 10.7. The molecule has 0 saturated carbocycles. The van der Waals surface area contributed by atoms with Gasteiger partial charge in [0.05, 0.1) is 11.7 Å². The van der Waals surface area contributed by atoms with Crippen molar-refractivity contribution >= 4 is 21.8 Å². The van der Waals surface area contributed by atoms with E-state index in [9.17, 15) is 17.6 Å². The molecule has 1 aliphatic rings. The summed E-state index contributed by atoms with van der Waals surface area (Å²) in [6.07, 6.45) is 0. The molecule has 1 heterocycles. The van der Waals surface area contributed by atoms with Crippen molar-refractivity contribution in [2.75, 3.05) is 38.2 Å². The van der Waals surface area contributed by atoms with Gasteiger partial charge in [-0.1, -0.05) is 6.07 Å². The second-order valence-corrected chi connectivity index (χ2v) is 9.03. The van der Waals surface area contributed by atoms with Gasteiger partial charge in [0.15, 0.2) is 11.5 Å². The van der Waals surface area contributed by atoms with E-state index in [4.69, 9.17) is 9.47 Å². The predicted octanol–water partition coefficient (Wildman–Crippen LogP) is 2.09. The van der Waals surface area contributed by atoms with Gasteiger partial charge in [-0.2, -0.15) is 12.7 Å². The monoisotopic (exact) mass is 437 g/mol. The van der Waals surface area contributed by atoms with Gasteiger partial charge in [0, 0.05) is 14.1 Å². The zero-order chi connectivity index (χ0) is 21.9. The molecule has 3 rings (SSSR count). The summed E-state index contributed by atoms with van der Waals surface area (Å²) in [5, 5.41) is 2.79. The average Bonchev–Trinajstić information content (AvgIpc) is 2.72. The molecule has 8 nitrogen and oxygen atoms in total. The zero-order valence-electron chi connectivity index (χ0n) is 17.0. The predicted molar refractivity (Wildman–Crippen MR) is 110 cm³/mol. The van der Waals surface area contributed by atoms with Crippen molar-refractivity contribution < 1.29 is 27.1 Å². The molecule has 0 radical (unpaired) electrons. The van der Waals surface area contributed by atoms with E-state index in [0.717, 1.165) is 26.3 Å².